The van der Waals surface area contributed by atoms with Gasteiger partial charge in [0.25, 0.3) is 0 Å². The maximum atomic E-state index is 14.0. The number of nitrogens with one attached hydrogen (secondary N) is 1. The molecule has 186 valence electrons. The van der Waals surface area contributed by atoms with Gasteiger partial charge in [0.15, 0.2) is 5.13 Å². The van der Waals surface area contributed by atoms with Gasteiger partial charge in [-0.05, 0) is 43.7 Å². The largest absolute Gasteiger partial charge is 0.355 e. The van der Waals surface area contributed by atoms with Crippen LogP contribution in [0.3, 0.4) is 0 Å². The lowest BCUT2D eigenvalue weighted by Gasteiger charge is -2.30. The van der Waals surface area contributed by atoms with Crippen LogP contribution in [0.1, 0.15) is 25.5 Å². The third kappa shape index (κ3) is 3.82. The lowest BCUT2D eigenvalue weighted by atomic mass is 9.82. The fourth-order valence-electron chi connectivity index (χ4n) is 5.15. The zero-order valence-corrected chi connectivity index (χ0v) is 21.5. The molecule has 37 heavy (non-hydrogen) atoms. The second-order valence-corrected chi connectivity index (χ2v) is 10.7. The number of rotatable bonds is 5. The van der Waals surface area contributed by atoms with Gasteiger partial charge in [0.05, 0.1) is 34.9 Å². The zero-order valence-electron chi connectivity index (χ0n) is 20.7. The Morgan fingerprint density at radius 3 is 2.51 bits per heavy atom. The summed E-state index contributed by atoms with van der Waals surface area (Å²) in [4.78, 5) is 32.2. The fraction of sp³-hybridized carbons (Fsp3) is 0.214. The molecule has 1 aliphatic rings. The van der Waals surface area contributed by atoms with Crippen molar-refractivity contribution in [3.63, 3.8) is 0 Å². The SMILES string of the molecule is Cn1cc(-n2ncc3cc(N4C(=O)C(C)(C)C(Nc5nccs5)[C@H]4c4ccccc4)ccc32)ccc1=O. The minimum Gasteiger partial charge on any atom is -0.355 e. The smallest absolute Gasteiger partial charge is 0.250 e. The predicted molar refractivity (Wildman–Crippen MR) is 146 cm³/mol. The van der Waals surface area contributed by atoms with Gasteiger partial charge >= 0.3 is 0 Å². The van der Waals surface area contributed by atoms with Crippen molar-refractivity contribution in [2.45, 2.75) is 25.9 Å². The number of carbonyl (C=O) groups excluding carboxylic acids is 1. The standard InChI is InChI=1S/C28H26N6O2S/c1-28(2)25(31-27-29-13-14-37-27)24(18-7-5-4-6-8-18)33(26(28)36)20-9-11-22-19(15-20)16-30-34(22)21-10-12-23(35)32(3)17-21/h4-17,24-25H,1-3H3,(H,29,31)/t24-,25?/m1/s1. The second-order valence-electron chi connectivity index (χ2n) is 9.85. The van der Waals surface area contributed by atoms with Gasteiger partial charge in [-0.1, -0.05) is 30.3 Å². The van der Waals surface area contributed by atoms with Crippen molar-refractivity contribution in [3.05, 3.63) is 101 Å². The van der Waals surface area contributed by atoms with Crippen LogP contribution >= 0.6 is 11.3 Å². The van der Waals surface area contributed by atoms with Crippen molar-refractivity contribution in [1.29, 1.82) is 0 Å². The van der Waals surface area contributed by atoms with E-state index in [9.17, 15) is 9.59 Å². The van der Waals surface area contributed by atoms with Crippen LogP contribution in [-0.4, -0.2) is 31.3 Å². The van der Waals surface area contributed by atoms with Gasteiger partial charge in [-0.25, -0.2) is 9.67 Å². The van der Waals surface area contributed by atoms with Gasteiger partial charge in [0.2, 0.25) is 11.5 Å². The Bertz CT molecular complexity index is 1660. The highest BCUT2D eigenvalue weighted by Gasteiger charge is 2.55. The van der Waals surface area contributed by atoms with E-state index in [4.69, 9.17) is 0 Å². The molecule has 2 aromatic carbocycles. The molecule has 1 unspecified atom stereocenters. The molecule has 9 heteroatoms. The van der Waals surface area contributed by atoms with Crippen molar-refractivity contribution >= 4 is 39.0 Å². The topological polar surface area (TPSA) is 85.1 Å². The Balaban J connectivity index is 1.45. The summed E-state index contributed by atoms with van der Waals surface area (Å²) >= 11 is 1.53. The molecule has 6 rings (SSSR count). The minimum atomic E-state index is -0.680. The van der Waals surface area contributed by atoms with Crippen LogP contribution in [0.4, 0.5) is 10.8 Å². The third-order valence-corrected chi connectivity index (χ3v) is 7.84. The Morgan fingerprint density at radius 2 is 1.78 bits per heavy atom. The normalized spacial score (nSPS) is 19.0. The number of benzene rings is 2. The van der Waals surface area contributed by atoms with Crippen molar-refractivity contribution in [3.8, 4) is 5.69 Å². The maximum Gasteiger partial charge on any atom is 0.250 e. The number of anilines is 2. The average Bonchev–Trinajstić information content (AvgIpc) is 3.61. The number of hydrogen-bond donors (Lipinski definition) is 1. The lowest BCUT2D eigenvalue weighted by Crippen LogP contribution is -2.37. The molecule has 0 aliphatic carbocycles. The molecule has 4 heterocycles. The van der Waals surface area contributed by atoms with Gasteiger partial charge in [-0.15, -0.1) is 11.3 Å². The van der Waals surface area contributed by atoms with E-state index < -0.39 is 5.41 Å². The van der Waals surface area contributed by atoms with Crippen molar-refractivity contribution in [2.24, 2.45) is 12.5 Å². The van der Waals surface area contributed by atoms with Crippen LogP contribution in [-0.2, 0) is 11.8 Å². The second kappa shape index (κ2) is 8.70. The third-order valence-electron chi connectivity index (χ3n) is 7.14. The quantitative estimate of drug-likeness (QED) is 0.368. The van der Waals surface area contributed by atoms with E-state index in [2.05, 4.69) is 27.5 Å². The summed E-state index contributed by atoms with van der Waals surface area (Å²) in [5.74, 6) is 0.0419. The first-order valence-electron chi connectivity index (χ1n) is 12.0. The van der Waals surface area contributed by atoms with E-state index in [0.717, 1.165) is 33.0 Å². The molecule has 1 amide bonds. The van der Waals surface area contributed by atoms with E-state index in [-0.39, 0.29) is 23.6 Å². The Labute approximate surface area is 217 Å². The summed E-state index contributed by atoms with van der Waals surface area (Å²) in [7, 11) is 1.72. The van der Waals surface area contributed by atoms with Crippen LogP contribution in [0.25, 0.3) is 16.6 Å². The number of fused-ring (bicyclic) bond motifs is 1. The number of aryl methyl sites for hydroxylation is 1. The molecule has 1 N–H and O–H groups in total. The number of amides is 1. The van der Waals surface area contributed by atoms with Crippen LogP contribution in [0.15, 0.2) is 89.4 Å². The Morgan fingerprint density at radius 1 is 1.00 bits per heavy atom. The first kappa shape index (κ1) is 23.2. The molecule has 0 bridgehead atoms. The van der Waals surface area contributed by atoms with Crippen LogP contribution in [0.2, 0.25) is 0 Å². The van der Waals surface area contributed by atoms with Gasteiger partial charge in [-0.2, -0.15) is 5.10 Å². The molecular formula is C28H26N6O2S. The molecule has 1 aliphatic heterocycles. The summed E-state index contributed by atoms with van der Waals surface area (Å²) < 4.78 is 3.33. The summed E-state index contributed by atoms with van der Waals surface area (Å²) in [6.45, 7) is 3.99. The highest BCUT2D eigenvalue weighted by Crippen LogP contribution is 2.48. The number of hydrogen-bond acceptors (Lipinski definition) is 6. The lowest BCUT2D eigenvalue weighted by molar-refractivity contribution is -0.124. The average molecular weight is 511 g/mol. The van der Waals surface area contributed by atoms with E-state index in [1.165, 1.54) is 22.0 Å². The summed E-state index contributed by atoms with van der Waals surface area (Å²) in [5, 5.41) is 11.8. The van der Waals surface area contributed by atoms with E-state index >= 15 is 0 Å². The number of pyridine rings is 1. The molecule has 0 radical (unpaired) electrons. The van der Waals surface area contributed by atoms with Crippen LogP contribution < -0.4 is 15.8 Å². The Kier molecular flexibility index (Phi) is 5.45. The van der Waals surface area contributed by atoms with E-state index in [1.54, 1.807) is 36.4 Å². The van der Waals surface area contributed by atoms with Crippen LogP contribution in [0, 0.1) is 5.41 Å². The summed E-state index contributed by atoms with van der Waals surface area (Å²) in [5.41, 5.74) is 2.78. The van der Waals surface area contributed by atoms with E-state index in [0.29, 0.717) is 0 Å². The highest BCUT2D eigenvalue weighted by atomic mass is 32.1. The molecular weight excluding hydrogens is 484 g/mol. The summed E-state index contributed by atoms with van der Waals surface area (Å²) in [6.07, 6.45) is 5.32. The molecule has 1 fully saturated rings. The predicted octanol–water partition coefficient (Wildman–Crippen LogP) is 4.78. The Hall–Kier alpha value is -4.24. The van der Waals surface area contributed by atoms with E-state index in [1.807, 2.05) is 60.5 Å². The van der Waals surface area contributed by atoms with Gasteiger partial charge in [0, 0.05) is 42.0 Å². The molecule has 2 atom stereocenters. The van der Waals surface area contributed by atoms with Gasteiger partial charge < -0.3 is 14.8 Å². The molecule has 0 saturated carbocycles. The highest BCUT2D eigenvalue weighted by molar-refractivity contribution is 7.13. The molecule has 0 spiro atoms. The molecule has 5 aromatic rings. The van der Waals surface area contributed by atoms with Crippen molar-refractivity contribution < 1.29 is 4.79 Å². The first-order valence-corrected chi connectivity index (χ1v) is 12.9. The first-order chi connectivity index (χ1) is 17.8. The van der Waals surface area contributed by atoms with Crippen molar-refractivity contribution in [2.75, 3.05) is 10.2 Å². The van der Waals surface area contributed by atoms with Crippen molar-refractivity contribution in [1.82, 2.24) is 19.3 Å². The monoisotopic (exact) mass is 510 g/mol. The number of thiazole rings is 1. The molecule has 3 aromatic heterocycles. The van der Waals surface area contributed by atoms with Gasteiger partial charge in [0.1, 0.15) is 0 Å². The summed E-state index contributed by atoms with van der Waals surface area (Å²) in [6, 6.07) is 19.0. The fourth-order valence-corrected chi connectivity index (χ4v) is 5.72. The number of carbonyl (C=O) groups is 1. The van der Waals surface area contributed by atoms with Crippen LogP contribution in [0.5, 0.6) is 0 Å². The maximum absolute atomic E-state index is 14.0. The molecule has 8 nitrogen and oxygen atoms in total. The number of aromatic nitrogens is 4. The number of nitrogens with zero attached hydrogens (tertiary/aromatic N) is 5. The zero-order chi connectivity index (χ0) is 25.7. The minimum absolute atomic E-state index is 0.0419. The van der Waals surface area contributed by atoms with Gasteiger partial charge in [-0.3, -0.25) is 9.59 Å². The molecule has 1 saturated heterocycles.